The van der Waals surface area contributed by atoms with Crippen LogP contribution < -0.4 is 9.72 Å². The van der Waals surface area contributed by atoms with E-state index in [1.165, 1.54) is 42.6 Å². The molecule has 0 saturated heterocycles. The van der Waals surface area contributed by atoms with E-state index in [0.717, 1.165) is 0 Å². The van der Waals surface area contributed by atoms with Gasteiger partial charge in [0.25, 0.3) is 11.7 Å². The van der Waals surface area contributed by atoms with Crippen LogP contribution in [0.25, 0.3) is 16.9 Å². The highest BCUT2D eigenvalue weighted by atomic mass is 19.4. The zero-order chi connectivity index (χ0) is 21.3. The maximum Gasteiger partial charge on any atom is 0.414 e. The van der Waals surface area contributed by atoms with Crippen LogP contribution in [0.15, 0.2) is 73.1 Å². The van der Waals surface area contributed by atoms with Crippen LogP contribution in [0.4, 0.5) is 17.6 Å². The molecule has 0 spiro atoms. The highest BCUT2D eigenvalue weighted by Crippen LogP contribution is 2.32. The molecule has 0 aliphatic carbocycles. The first kappa shape index (κ1) is 19.6. The number of halogens is 4. The van der Waals surface area contributed by atoms with Crippen molar-refractivity contribution < 1.29 is 26.8 Å². The molecule has 0 aliphatic rings. The minimum atomic E-state index is -4.75. The molecule has 0 aliphatic heterocycles. The highest BCUT2D eigenvalue weighted by molar-refractivity contribution is 5.98. The fraction of sp³-hybridized carbons (Fsp3) is 0.0952. The van der Waals surface area contributed by atoms with Gasteiger partial charge in [-0.3, -0.25) is 9.78 Å². The predicted octanol–water partition coefficient (Wildman–Crippen LogP) is 3.99. The van der Waals surface area contributed by atoms with E-state index in [-0.39, 0.29) is 11.4 Å². The molecule has 5 nitrogen and oxygen atoms in total. The molecule has 1 aromatic carbocycles. The molecule has 1 unspecified atom stereocenters. The van der Waals surface area contributed by atoms with E-state index in [1.54, 1.807) is 34.9 Å². The van der Waals surface area contributed by atoms with Gasteiger partial charge >= 0.3 is 6.18 Å². The van der Waals surface area contributed by atoms with Gasteiger partial charge in [-0.1, -0.05) is 18.2 Å². The number of aromatic nitrogens is 3. The van der Waals surface area contributed by atoms with Gasteiger partial charge in [-0.25, -0.2) is 9.37 Å². The third-order valence-corrected chi connectivity index (χ3v) is 4.51. The maximum atomic E-state index is 13.7. The van der Waals surface area contributed by atoms with Gasteiger partial charge in [0.05, 0.1) is 17.5 Å². The molecule has 9 heteroatoms. The number of hydrogen-bond acceptors (Lipinski definition) is 2. The molecule has 4 aromatic rings. The van der Waals surface area contributed by atoms with E-state index in [4.69, 9.17) is 0 Å². The number of imidazole rings is 1. The Hall–Kier alpha value is -3.75. The molecular weight excluding hydrogens is 400 g/mol. The average molecular weight is 415 g/mol. The Morgan fingerprint density at radius 1 is 1.07 bits per heavy atom. The molecule has 0 bridgehead atoms. The van der Waals surface area contributed by atoms with Gasteiger partial charge < -0.3 is 5.32 Å². The Balaban J connectivity index is 1.77. The number of H-pyrrole nitrogens is 1. The Morgan fingerprint density at radius 3 is 2.57 bits per heavy atom. The van der Waals surface area contributed by atoms with Crippen LogP contribution in [0.3, 0.4) is 0 Å². The molecule has 30 heavy (non-hydrogen) atoms. The summed E-state index contributed by atoms with van der Waals surface area (Å²) in [4.78, 5) is 19.4. The summed E-state index contributed by atoms with van der Waals surface area (Å²) in [7, 11) is 0. The fourth-order valence-corrected chi connectivity index (χ4v) is 3.18. The largest absolute Gasteiger partial charge is 0.414 e. The molecule has 4 rings (SSSR count). The molecule has 1 atom stereocenters. The van der Waals surface area contributed by atoms with Gasteiger partial charge in [-0.2, -0.15) is 17.6 Å². The predicted molar refractivity (Wildman–Crippen MR) is 99.8 cm³/mol. The van der Waals surface area contributed by atoms with Crippen molar-refractivity contribution in [3.63, 3.8) is 0 Å². The number of aromatic amines is 1. The lowest BCUT2D eigenvalue weighted by atomic mass is 10.1. The number of alkyl halides is 3. The Bertz CT molecular complexity index is 1200. The first-order chi connectivity index (χ1) is 14.3. The number of hydrogen-bond donors (Lipinski definition) is 2. The van der Waals surface area contributed by atoms with E-state index in [1.807, 2.05) is 5.32 Å². The number of pyridine rings is 2. The van der Waals surface area contributed by atoms with Crippen LogP contribution in [-0.2, 0) is 0 Å². The molecule has 3 aromatic heterocycles. The van der Waals surface area contributed by atoms with Crippen molar-refractivity contribution in [3.05, 3.63) is 90.3 Å². The lowest BCUT2D eigenvalue weighted by molar-refractivity contribution is -0.498. The molecule has 0 radical (unpaired) electrons. The van der Waals surface area contributed by atoms with Gasteiger partial charge in [0, 0.05) is 6.20 Å². The van der Waals surface area contributed by atoms with Gasteiger partial charge in [0.1, 0.15) is 5.82 Å². The molecule has 2 N–H and O–H groups in total. The van der Waals surface area contributed by atoms with Crippen molar-refractivity contribution >= 4 is 11.4 Å². The summed E-state index contributed by atoms with van der Waals surface area (Å²) < 4.78 is 56.0. The lowest BCUT2D eigenvalue weighted by Gasteiger charge is -2.20. The Morgan fingerprint density at radius 2 is 1.87 bits per heavy atom. The van der Waals surface area contributed by atoms with Gasteiger partial charge in [-0.05, 0) is 42.5 Å². The van der Waals surface area contributed by atoms with Crippen LogP contribution in [0.5, 0.6) is 0 Å². The van der Waals surface area contributed by atoms with Crippen molar-refractivity contribution in [1.82, 2.24) is 15.3 Å². The number of fused-ring (bicyclic) bond motifs is 1. The third kappa shape index (κ3) is 3.73. The number of nitrogens with one attached hydrogen (secondary N) is 2. The first-order valence-electron chi connectivity index (χ1n) is 8.91. The van der Waals surface area contributed by atoms with Crippen LogP contribution in [0.2, 0.25) is 0 Å². The standard InChI is InChI=1S/C21H14F4N4O/c22-14-7-5-6-13(12-14)19-27-17(16-9-2-4-11-29(16)19)20(30)28-18(21(23,24)25)15-8-1-3-10-26-15/h1-12,18H,(H,28,30)/p+1. The van der Waals surface area contributed by atoms with E-state index in [2.05, 4.69) is 9.97 Å². The second kappa shape index (κ2) is 7.58. The molecule has 0 saturated carbocycles. The number of nitrogens with zero attached hydrogens (tertiary/aromatic N) is 2. The van der Waals surface area contributed by atoms with E-state index in [0.29, 0.717) is 16.9 Å². The van der Waals surface area contributed by atoms with Crippen LogP contribution in [0, 0.1) is 5.82 Å². The topological polar surface area (TPSA) is 61.9 Å². The summed E-state index contributed by atoms with van der Waals surface area (Å²) >= 11 is 0. The number of carbonyl (C=O) groups excluding carboxylic acids is 1. The highest BCUT2D eigenvalue weighted by Gasteiger charge is 2.44. The fourth-order valence-electron chi connectivity index (χ4n) is 3.18. The summed E-state index contributed by atoms with van der Waals surface area (Å²) in [6.45, 7) is 0. The second-order valence-electron chi connectivity index (χ2n) is 6.52. The molecule has 152 valence electrons. The summed E-state index contributed by atoms with van der Waals surface area (Å²) in [6, 6.07) is 12.4. The summed E-state index contributed by atoms with van der Waals surface area (Å²) in [5.74, 6) is -1.09. The zero-order valence-electron chi connectivity index (χ0n) is 15.3. The minimum Gasteiger partial charge on any atom is -0.332 e. The zero-order valence-corrected chi connectivity index (χ0v) is 15.3. The number of rotatable bonds is 4. The van der Waals surface area contributed by atoms with Crippen molar-refractivity contribution in [3.8, 4) is 11.4 Å². The Labute approximate surface area is 168 Å². The van der Waals surface area contributed by atoms with Gasteiger partial charge in [-0.15, -0.1) is 0 Å². The third-order valence-electron chi connectivity index (χ3n) is 4.51. The molecule has 0 fully saturated rings. The lowest BCUT2D eigenvalue weighted by Crippen LogP contribution is -2.39. The second-order valence-corrected chi connectivity index (χ2v) is 6.52. The molecule has 1 amide bonds. The van der Waals surface area contributed by atoms with E-state index < -0.39 is 23.9 Å². The van der Waals surface area contributed by atoms with Crippen LogP contribution in [0.1, 0.15) is 22.2 Å². The Kier molecular flexibility index (Phi) is 4.94. The summed E-state index contributed by atoms with van der Waals surface area (Å²) in [5.41, 5.74) is 0.371. The van der Waals surface area contributed by atoms with Gasteiger partial charge in [0.2, 0.25) is 5.69 Å². The smallest absolute Gasteiger partial charge is 0.332 e. The molecule has 3 heterocycles. The number of benzene rings is 1. The van der Waals surface area contributed by atoms with Crippen molar-refractivity contribution in [2.24, 2.45) is 0 Å². The van der Waals surface area contributed by atoms with Crippen molar-refractivity contribution in [2.45, 2.75) is 12.2 Å². The van der Waals surface area contributed by atoms with Crippen LogP contribution in [-0.4, -0.2) is 22.1 Å². The summed E-state index contributed by atoms with van der Waals surface area (Å²) in [5, 5.41) is 2.01. The quantitative estimate of drug-likeness (QED) is 0.391. The SMILES string of the molecule is O=C(NC(c1ccccn1)C(F)(F)F)c1[nH]c(-c2cccc(F)c2)[n+]2ccccc12. The van der Waals surface area contributed by atoms with Crippen LogP contribution >= 0.6 is 0 Å². The average Bonchev–Trinajstić information content (AvgIpc) is 3.11. The van der Waals surface area contributed by atoms with E-state index in [9.17, 15) is 22.4 Å². The van der Waals surface area contributed by atoms with Crippen molar-refractivity contribution in [2.75, 3.05) is 0 Å². The monoisotopic (exact) mass is 415 g/mol. The minimum absolute atomic E-state index is 0.0833. The van der Waals surface area contributed by atoms with Gasteiger partial charge in [0.15, 0.2) is 11.6 Å². The normalized spacial score (nSPS) is 12.7. The maximum absolute atomic E-state index is 13.7. The van der Waals surface area contributed by atoms with Crippen molar-refractivity contribution in [1.29, 1.82) is 0 Å². The van der Waals surface area contributed by atoms with E-state index >= 15 is 0 Å². The number of carbonyl (C=O) groups is 1. The number of amides is 1. The molecular formula is C21H15F4N4O+. The first-order valence-corrected chi connectivity index (χ1v) is 8.91. The summed E-state index contributed by atoms with van der Waals surface area (Å²) in [6.07, 6.45) is -1.89.